The number of nitrogens with one attached hydrogen (secondary N) is 2. The molecule has 0 bridgehead atoms. The van der Waals surface area contributed by atoms with Gasteiger partial charge in [0.2, 0.25) is 0 Å². The Balaban J connectivity index is 2.22. The van der Waals surface area contributed by atoms with Crippen LogP contribution < -0.4 is 10.6 Å². The Morgan fingerprint density at radius 2 is 2.05 bits per heavy atom. The third-order valence-electron chi connectivity index (χ3n) is 2.69. The second-order valence-corrected chi connectivity index (χ2v) is 5.53. The van der Waals surface area contributed by atoms with E-state index in [0.717, 1.165) is 9.88 Å². The van der Waals surface area contributed by atoms with E-state index >= 15 is 0 Å². The molecule has 2 aromatic rings. The van der Waals surface area contributed by atoms with Gasteiger partial charge in [0.15, 0.2) is 0 Å². The Morgan fingerprint density at radius 1 is 1.35 bits per heavy atom. The van der Waals surface area contributed by atoms with Crippen LogP contribution in [0.2, 0.25) is 0 Å². The molecule has 0 aliphatic rings. The zero-order chi connectivity index (χ0) is 14.5. The van der Waals surface area contributed by atoms with Gasteiger partial charge in [-0.3, -0.25) is 10.1 Å². The zero-order valence-electron chi connectivity index (χ0n) is 11.3. The number of benzene rings is 1. The predicted octanol–water partition coefficient (Wildman–Crippen LogP) is 3.40. The first-order valence-electron chi connectivity index (χ1n) is 6.28. The van der Waals surface area contributed by atoms with Crippen molar-refractivity contribution in [1.82, 2.24) is 4.98 Å². The average molecular weight is 292 g/mol. The van der Waals surface area contributed by atoms with Gasteiger partial charge < -0.3 is 10.6 Å². The fourth-order valence-corrected chi connectivity index (χ4v) is 2.60. The second-order valence-electron chi connectivity index (χ2n) is 4.21. The summed E-state index contributed by atoms with van der Waals surface area (Å²) in [5.74, 6) is 0. The van der Waals surface area contributed by atoms with E-state index in [1.54, 1.807) is 35.7 Å². The van der Waals surface area contributed by atoms with Crippen LogP contribution in [-0.4, -0.2) is 16.5 Å². The number of nitrogens with zero attached hydrogens (tertiary/aromatic N) is 2. The first-order valence-corrected chi connectivity index (χ1v) is 7.10. The maximum absolute atomic E-state index is 11.2. The Morgan fingerprint density at radius 3 is 2.60 bits per heavy atom. The van der Waals surface area contributed by atoms with Crippen LogP contribution >= 0.6 is 11.3 Å². The quantitative estimate of drug-likeness (QED) is 0.630. The second kappa shape index (κ2) is 6.33. The molecule has 1 heterocycles. The van der Waals surface area contributed by atoms with E-state index < -0.39 is 0 Å². The van der Waals surface area contributed by atoms with Gasteiger partial charge in [0, 0.05) is 17.6 Å². The summed E-state index contributed by atoms with van der Waals surface area (Å²) in [7, 11) is 0. The molecule has 0 spiro atoms. The number of hydrogen-bond acceptors (Lipinski definition) is 6. The van der Waals surface area contributed by atoms with Gasteiger partial charge in [-0.2, -0.15) is 0 Å². The summed E-state index contributed by atoms with van der Waals surface area (Å²) in [6.07, 6.45) is 1.80. The van der Waals surface area contributed by atoms with Gasteiger partial charge in [0.25, 0.3) is 0 Å². The highest BCUT2D eigenvalue weighted by Crippen LogP contribution is 2.33. The van der Waals surface area contributed by atoms with Crippen LogP contribution in [0.5, 0.6) is 0 Å². The van der Waals surface area contributed by atoms with E-state index in [9.17, 15) is 10.1 Å². The highest BCUT2D eigenvalue weighted by Gasteiger charge is 2.19. The number of nitro groups is 1. The van der Waals surface area contributed by atoms with Gasteiger partial charge in [0.1, 0.15) is 16.4 Å². The average Bonchev–Trinajstić information content (AvgIpc) is 2.82. The standard InChI is InChI=1S/C13H16N4O2S/c1-3-14-10-5-4-6-11(13(10)17(18)19)15-8-12-16-7-9(2)20-12/h4-7,14-15H,3,8H2,1-2H3. The first kappa shape index (κ1) is 14.3. The minimum atomic E-state index is -0.368. The molecule has 0 amide bonds. The number of rotatable bonds is 6. The van der Waals surface area contributed by atoms with Crippen LogP contribution in [0.1, 0.15) is 16.8 Å². The van der Waals surface area contributed by atoms with Gasteiger partial charge in [-0.1, -0.05) is 6.07 Å². The van der Waals surface area contributed by atoms with Crippen molar-refractivity contribution in [1.29, 1.82) is 0 Å². The molecule has 6 nitrogen and oxygen atoms in total. The molecule has 1 aromatic carbocycles. The number of hydrogen-bond donors (Lipinski definition) is 2. The topological polar surface area (TPSA) is 80.1 Å². The van der Waals surface area contributed by atoms with Gasteiger partial charge in [-0.05, 0) is 26.0 Å². The lowest BCUT2D eigenvalue weighted by Crippen LogP contribution is -2.06. The summed E-state index contributed by atoms with van der Waals surface area (Å²) in [5, 5.41) is 18.2. The summed E-state index contributed by atoms with van der Waals surface area (Å²) in [6.45, 7) is 5.00. The monoisotopic (exact) mass is 292 g/mol. The summed E-state index contributed by atoms with van der Waals surface area (Å²) >= 11 is 1.58. The maximum Gasteiger partial charge on any atom is 0.315 e. The van der Waals surface area contributed by atoms with E-state index in [4.69, 9.17) is 0 Å². The Hall–Kier alpha value is -2.15. The number of aromatic nitrogens is 1. The molecule has 0 aliphatic carbocycles. The summed E-state index contributed by atoms with van der Waals surface area (Å²) in [6, 6.07) is 5.21. The minimum absolute atomic E-state index is 0.0719. The Kier molecular flexibility index (Phi) is 4.52. The summed E-state index contributed by atoms with van der Waals surface area (Å²) < 4.78 is 0. The molecule has 0 unspecified atom stereocenters. The van der Waals surface area contributed by atoms with Gasteiger partial charge >= 0.3 is 5.69 Å². The number of para-hydroxylation sites is 1. The van der Waals surface area contributed by atoms with E-state index in [1.165, 1.54) is 0 Å². The fraction of sp³-hybridized carbons (Fsp3) is 0.308. The third kappa shape index (κ3) is 3.24. The van der Waals surface area contributed by atoms with E-state index in [2.05, 4.69) is 15.6 Å². The normalized spacial score (nSPS) is 10.3. The van der Waals surface area contributed by atoms with Crippen LogP contribution in [0.3, 0.4) is 0 Å². The molecule has 0 fully saturated rings. The van der Waals surface area contributed by atoms with Crippen molar-refractivity contribution >= 4 is 28.4 Å². The highest BCUT2D eigenvalue weighted by atomic mass is 32.1. The van der Waals surface area contributed by atoms with Crippen molar-refractivity contribution < 1.29 is 4.92 Å². The smallest absolute Gasteiger partial charge is 0.315 e. The lowest BCUT2D eigenvalue weighted by Gasteiger charge is -2.09. The molecule has 0 radical (unpaired) electrons. The molecule has 0 saturated heterocycles. The van der Waals surface area contributed by atoms with Crippen LogP contribution in [-0.2, 0) is 6.54 Å². The molecule has 7 heteroatoms. The van der Waals surface area contributed by atoms with Crippen molar-refractivity contribution in [3.63, 3.8) is 0 Å². The number of thiazole rings is 1. The van der Waals surface area contributed by atoms with E-state index in [1.807, 2.05) is 13.8 Å². The summed E-state index contributed by atoms with van der Waals surface area (Å²) in [4.78, 5) is 16.2. The third-order valence-corrected chi connectivity index (χ3v) is 3.60. The molecular weight excluding hydrogens is 276 g/mol. The van der Waals surface area contributed by atoms with Crippen LogP contribution in [0.4, 0.5) is 17.1 Å². The van der Waals surface area contributed by atoms with Gasteiger partial charge in [-0.25, -0.2) is 4.98 Å². The van der Waals surface area contributed by atoms with Crippen LogP contribution in [0.25, 0.3) is 0 Å². The highest BCUT2D eigenvalue weighted by molar-refractivity contribution is 7.11. The predicted molar refractivity (Wildman–Crippen MR) is 81.4 cm³/mol. The van der Waals surface area contributed by atoms with Gasteiger partial charge in [-0.15, -0.1) is 11.3 Å². The number of anilines is 2. The van der Waals surface area contributed by atoms with Gasteiger partial charge in [0.05, 0.1) is 11.5 Å². The van der Waals surface area contributed by atoms with Crippen molar-refractivity contribution in [2.45, 2.75) is 20.4 Å². The Labute approximate surface area is 121 Å². The largest absolute Gasteiger partial charge is 0.380 e. The lowest BCUT2D eigenvalue weighted by molar-refractivity contribution is -0.383. The fourth-order valence-electron chi connectivity index (χ4n) is 1.87. The number of nitro benzene ring substituents is 1. The van der Waals surface area contributed by atoms with Crippen LogP contribution in [0, 0.1) is 17.0 Å². The molecule has 2 N–H and O–H groups in total. The van der Waals surface area contributed by atoms with Crippen molar-refractivity contribution in [2.75, 3.05) is 17.2 Å². The number of aryl methyl sites for hydroxylation is 1. The van der Waals surface area contributed by atoms with Crippen LogP contribution in [0.15, 0.2) is 24.4 Å². The maximum atomic E-state index is 11.2. The summed E-state index contributed by atoms with van der Waals surface area (Å²) in [5.41, 5.74) is 1.10. The molecule has 0 atom stereocenters. The van der Waals surface area contributed by atoms with Crippen molar-refractivity contribution in [3.8, 4) is 0 Å². The molecule has 1 aromatic heterocycles. The van der Waals surface area contributed by atoms with E-state index in [0.29, 0.717) is 24.5 Å². The molecule has 20 heavy (non-hydrogen) atoms. The molecule has 106 valence electrons. The zero-order valence-corrected chi connectivity index (χ0v) is 12.2. The molecule has 0 saturated carbocycles. The Bertz CT molecular complexity index is 612. The SMILES string of the molecule is CCNc1cccc(NCc2ncc(C)s2)c1[N+](=O)[O-]. The van der Waals surface area contributed by atoms with E-state index in [-0.39, 0.29) is 10.6 Å². The van der Waals surface area contributed by atoms with Crippen molar-refractivity contribution in [3.05, 3.63) is 44.4 Å². The molecular formula is C13H16N4O2S. The molecule has 0 aliphatic heterocycles. The lowest BCUT2D eigenvalue weighted by atomic mass is 10.2. The molecule has 2 rings (SSSR count). The first-order chi connectivity index (χ1) is 9.61. The van der Waals surface area contributed by atoms with Crippen molar-refractivity contribution in [2.24, 2.45) is 0 Å². The minimum Gasteiger partial charge on any atom is -0.380 e.